The van der Waals surface area contributed by atoms with Gasteiger partial charge in [-0.2, -0.15) is 0 Å². The topological polar surface area (TPSA) is 77.1 Å². The smallest absolute Gasteiger partial charge is 0.253 e. The van der Waals surface area contributed by atoms with Crippen molar-refractivity contribution in [1.82, 2.24) is 10.2 Å². The predicted molar refractivity (Wildman–Crippen MR) is 99.8 cm³/mol. The largest absolute Gasteiger partial charge is 0.497 e. The highest BCUT2D eigenvalue weighted by Crippen LogP contribution is 2.22. The van der Waals surface area contributed by atoms with Crippen molar-refractivity contribution in [2.75, 3.05) is 40.5 Å². The molecular weight excluding hydrogens is 348 g/mol. The van der Waals surface area contributed by atoms with E-state index in [-0.39, 0.29) is 29.9 Å². The summed E-state index contributed by atoms with van der Waals surface area (Å²) in [6.45, 7) is 2.29. The van der Waals surface area contributed by atoms with Gasteiger partial charge in [0.1, 0.15) is 5.75 Å². The van der Waals surface area contributed by atoms with Crippen LogP contribution in [0.5, 0.6) is 5.75 Å². The minimum Gasteiger partial charge on any atom is -0.497 e. The summed E-state index contributed by atoms with van der Waals surface area (Å²) in [5, 5.41) is 3.07. The zero-order valence-corrected chi connectivity index (χ0v) is 16.0. The molecule has 2 fully saturated rings. The molecule has 2 heterocycles. The fourth-order valence-corrected chi connectivity index (χ4v) is 3.72. The molecule has 0 radical (unpaired) electrons. The molecule has 7 heteroatoms. The third-order valence-electron chi connectivity index (χ3n) is 5.39. The molecule has 148 valence electrons. The predicted octanol–water partition coefficient (Wildman–Crippen LogP) is 1.47. The first-order chi connectivity index (χ1) is 13.1. The van der Waals surface area contributed by atoms with Crippen LogP contribution in [0.1, 0.15) is 29.6 Å². The van der Waals surface area contributed by atoms with Crippen LogP contribution in [-0.2, 0) is 14.3 Å². The maximum atomic E-state index is 12.7. The van der Waals surface area contributed by atoms with Gasteiger partial charge in [-0.05, 0) is 37.5 Å². The Kier molecular flexibility index (Phi) is 6.68. The number of hydrogen-bond acceptors (Lipinski definition) is 5. The lowest BCUT2D eigenvalue weighted by atomic mass is 9.94. The molecule has 0 spiro atoms. The van der Waals surface area contributed by atoms with Gasteiger partial charge in [0.25, 0.3) is 5.91 Å². The number of carbonyl (C=O) groups excluding carboxylic acids is 2. The van der Waals surface area contributed by atoms with E-state index in [4.69, 9.17) is 14.2 Å². The second-order valence-corrected chi connectivity index (χ2v) is 7.05. The summed E-state index contributed by atoms with van der Waals surface area (Å²) in [6, 6.07) is 7.06. The number of piperidine rings is 1. The molecule has 2 atom stereocenters. The molecule has 2 amide bonds. The van der Waals surface area contributed by atoms with Gasteiger partial charge in [-0.3, -0.25) is 9.59 Å². The average molecular weight is 376 g/mol. The van der Waals surface area contributed by atoms with Crippen LogP contribution in [0.15, 0.2) is 24.3 Å². The van der Waals surface area contributed by atoms with E-state index in [0.717, 1.165) is 6.42 Å². The molecular formula is C20H28N2O5. The van der Waals surface area contributed by atoms with E-state index in [0.29, 0.717) is 50.5 Å². The lowest BCUT2D eigenvalue weighted by Crippen LogP contribution is -2.53. The molecule has 0 bridgehead atoms. The first kappa shape index (κ1) is 19.6. The van der Waals surface area contributed by atoms with Crippen molar-refractivity contribution < 1.29 is 23.8 Å². The highest BCUT2D eigenvalue weighted by Gasteiger charge is 2.32. The van der Waals surface area contributed by atoms with E-state index < -0.39 is 0 Å². The number of benzene rings is 1. The van der Waals surface area contributed by atoms with E-state index >= 15 is 0 Å². The number of nitrogens with one attached hydrogen (secondary N) is 1. The first-order valence-corrected chi connectivity index (χ1v) is 9.46. The Morgan fingerprint density at radius 1 is 1.19 bits per heavy atom. The van der Waals surface area contributed by atoms with Gasteiger partial charge in [0.15, 0.2) is 0 Å². The third-order valence-corrected chi connectivity index (χ3v) is 5.39. The number of likely N-dealkylation sites (tertiary alicyclic amines) is 1. The summed E-state index contributed by atoms with van der Waals surface area (Å²) in [5.41, 5.74) is 0.611. The molecule has 1 aromatic carbocycles. The SMILES string of the molecule is COc1cccc(C(=O)N2CCC(C(=O)N[C@@H]3COCC[C@H]3OC)CC2)c1. The summed E-state index contributed by atoms with van der Waals surface area (Å²) in [7, 11) is 3.25. The van der Waals surface area contributed by atoms with Crippen LogP contribution in [0.25, 0.3) is 0 Å². The lowest BCUT2D eigenvalue weighted by Gasteiger charge is -2.35. The van der Waals surface area contributed by atoms with Crippen LogP contribution in [0, 0.1) is 5.92 Å². The first-order valence-electron chi connectivity index (χ1n) is 9.46. The van der Waals surface area contributed by atoms with Gasteiger partial charge < -0.3 is 24.4 Å². The summed E-state index contributed by atoms with van der Waals surface area (Å²) >= 11 is 0. The molecule has 27 heavy (non-hydrogen) atoms. The second-order valence-electron chi connectivity index (χ2n) is 7.05. The number of rotatable bonds is 5. The minimum absolute atomic E-state index is 0.00238. The summed E-state index contributed by atoms with van der Waals surface area (Å²) in [5.74, 6) is 0.588. The van der Waals surface area contributed by atoms with E-state index in [2.05, 4.69) is 5.32 Å². The monoisotopic (exact) mass is 376 g/mol. The average Bonchev–Trinajstić information content (AvgIpc) is 2.73. The zero-order chi connectivity index (χ0) is 19.2. The van der Waals surface area contributed by atoms with Gasteiger partial charge in [0.05, 0.1) is 25.9 Å². The van der Waals surface area contributed by atoms with E-state index in [1.165, 1.54) is 0 Å². The Balaban J connectivity index is 1.52. The highest BCUT2D eigenvalue weighted by molar-refractivity contribution is 5.94. The quantitative estimate of drug-likeness (QED) is 0.842. The van der Waals surface area contributed by atoms with E-state index in [1.54, 1.807) is 31.3 Å². The lowest BCUT2D eigenvalue weighted by molar-refractivity contribution is -0.130. The fourth-order valence-electron chi connectivity index (χ4n) is 3.72. The Hall–Kier alpha value is -2.12. The molecule has 0 unspecified atom stereocenters. The van der Waals surface area contributed by atoms with Crippen molar-refractivity contribution >= 4 is 11.8 Å². The van der Waals surface area contributed by atoms with Crippen molar-refractivity contribution in [2.24, 2.45) is 5.92 Å². The molecule has 0 saturated carbocycles. The molecule has 2 saturated heterocycles. The van der Waals surface area contributed by atoms with Gasteiger partial charge >= 0.3 is 0 Å². The van der Waals surface area contributed by atoms with Crippen molar-refractivity contribution in [3.05, 3.63) is 29.8 Å². The van der Waals surface area contributed by atoms with Gasteiger partial charge in [-0.25, -0.2) is 0 Å². The van der Waals surface area contributed by atoms with Crippen molar-refractivity contribution in [2.45, 2.75) is 31.4 Å². The summed E-state index contributed by atoms with van der Waals surface area (Å²) in [4.78, 5) is 27.1. The standard InChI is InChI=1S/C20H28N2O5/c1-25-16-5-3-4-15(12-16)20(24)22-9-6-14(7-10-22)19(23)21-17-13-27-11-8-18(17)26-2/h3-5,12,14,17-18H,6-11,13H2,1-2H3,(H,21,23)/t17-,18-/m1/s1. The number of carbonyl (C=O) groups is 2. The molecule has 7 nitrogen and oxygen atoms in total. The Labute approximate surface area is 160 Å². The molecule has 0 aliphatic carbocycles. The van der Waals surface area contributed by atoms with Crippen LogP contribution in [0.3, 0.4) is 0 Å². The van der Waals surface area contributed by atoms with Gasteiger partial charge in [-0.1, -0.05) is 6.07 Å². The molecule has 1 N–H and O–H groups in total. The van der Waals surface area contributed by atoms with Crippen molar-refractivity contribution in [3.63, 3.8) is 0 Å². The van der Waals surface area contributed by atoms with Gasteiger partial charge in [0.2, 0.25) is 5.91 Å². The fraction of sp³-hybridized carbons (Fsp3) is 0.600. The normalized spacial score (nSPS) is 23.7. The Bertz CT molecular complexity index is 658. The van der Waals surface area contributed by atoms with Crippen LogP contribution in [0.2, 0.25) is 0 Å². The Morgan fingerprint density at radius 3 is 2.67 bits per heavy atom. The molecule has 1 aromatic rings. The molecule has 0 aromatic heterocycles. The Morgan fingerprint density at radius 2 is 1.96 bits per heavy atom. The number of amides is 2. The maximum Gasteiger partial charge on any atom is 0.253 e. The minimum atomic E-state index is -0.104. The third kappa shape index (κ3) is 4.78. The summed E-state index contributed by atoms with van der Waals surface area (Å²) < 4.78 is 16.1. The van der Waals surface area contributed by atoms with Crippen molar-refractivity contribution in [1.29, 1.82) is 0 Å². The highest BCUT2D eigenvalue weighted by atomic mass is 16.5. The molecule has 2 aliphatic rings. The number of hydrogen-bond donors (Lipinski definition) is 1. The zero-order valence-electron chi connectivity index (χ0n) is 16.0. The van der Waals surface area contributed by atoms with Crippen LogP contribution in [0.4, 0.5) is 0 Å². The van der Waals surface area contributed by atoms with Crippen molar-refractivity contribution in [3.8, 4) is 5.75 Å². The molecule has 3 rings (SSSR count). The number of methoxy groups -OCH3 is 2. The van der Waals surface area contributed by atoms with E-state index in [9.17, 15) is 9.59 Å². The number of ether oxygens (including phenoxy) is 3. The van der Waals surface area contributed by atoms with Gasteiger partial charge in [0, 0.05) is 38.3 Å². The summed E-state index contributed by atoms with van der Waals surface area (Å²) in [6.07, 6.45) is 2.10. The molecule has 2 aliphatic heterocycles. The maximum absolute atomic E-state index is 12.7. The van der Waals surface area contributed by atoms with Gasteiger partial charge in [-0.15, -0.1) is 0 Å². The second kappa shape index (κ2) is 9.19. The van der Waals surface area contributed by atoms with Crippen LogP contribution in [-0.4, -0.2) is 69.4 Å². The van der Waals surface area contributed by atoms with E-state index in [1.807, 2.05) is 12.1 Å². The van der Waals surface area contributed by atoms with Crippen LogP contribution >= 0.6 is 0 Å². The van der Waals surface area contributed by atoms with Crippen LogP contribution < -0.4 is 10.1 Å². The number of nitrogens with zero attached hydrogens (tertiary/aromatic N) is 1.